The highest BCUT2D eigenvalue weighted by atomic mass is 16.5. The van der Waals surface area contributed by atoms with E-state index in [1.807, 2.05) is 0 Å². The molecule has 112 valence electrons. The van der Waals surface area contributed by atoms with E-state index in [9.17, 15) is 0 Å². The third kappa shape index (κ3) is 5.05. The van der Waals surface area contributed by atoms with Crippen LogP contribution in [-0.4, -0.2) is 49.8 Å². The third-order valence-corrected chi connectivity index (χ3v) is 4.93. The summed E-state index contributed by atoms with van der Waals surface area (Å²) in [5.74, 6) is 0.780. The van der Waals surface area contributed by atoms with Gasteiger partial charge in [0.25, 0.3) is 0 Å². The van der Waals surface area contributed by atoms with Gasteiger partial charge in [0.1, 0.15) is 0 Å². The minimum Gasteiger partial charge on any atom is -0.377 e. The smallest absolute Gasteiger partial charge is 0.0597 e. The summed E-state index contributed by atoms with van der Waals surface area (Å²) in [6, 6.07) is 0.674. The summed E-state index contributed by atoms with van der Waals surface area (Å²) >= 11 is 0. The van der Waals surface area contributed by atoms with Crippen molar-refractivity contribution in [1.82, 2.24) is 10.2 Å². The van der Waals surface area contributed by atoms with E-state index in [-0.39, 0.29) is 0 Å². The molecule has 0 aromatic heterocycles. The van der Waals surface area contributed by atoms with Gasteiger partial charge in [-0.1, -0.05) is 39.5 Å². The monoisotopic (exact) mass is 268 g/mol. The number of nitrogens with zero attached hydrogens (tertiary/aromatic N) is 1. The van der Waals surface area contributed by atoms with Gasteiger partial charge >= 0.3 is 0 Å². The third-order valence-electron chi connectivity index (χ3n) is 4.93. The number of piperazine rings is 1. The molecule has 1 aliphatic heterocycles. The fourth-order valence-electron chi connectivity index (χ4n) is 3.29. The predicted octanol–water partition coefficient (Wildman–Crippen LogP) is 2.66. The van der Waals surface area contributed by atoms with Crippen LogP contribution < -0.4 is 5.32 Å². The molecule has 2 rings (SSSR count). The number of ether oxygens (including phenoxy) is 1. The molecule has 0 amide bonds. The van der Waals surface area contributed by atoms with Gasteiger partial charge in [0.05, 0.1) is 12.7 Å². The summed E-state index contributed by atoms with van der Waals surface area (Å²) in [5.41, 5.74) is 0. The molecule has 3 heteroatoms. The summed E-state index contributed by atoms with van der Waals surface area (Å²) < 4.78 is 6.05. The molecular formula is C16H32N2O. The average molecular weight is 268 g/mol. The second-order valence-electron chi connectivity index (χ2n) is 6.38. The predicted molar refractivity (Wildman–Crippen MR) is 80.5 cm³/mol. The fraction of sp³-hybridized carbons (Fsp3) is 1.00. The van der Waals surface area contributed by atoms with E-state index >= 15 is 0 Å². The Hall–Kier alpha value is -0.120. The zero-order valence-corrected chi connectivity index (χ0v) is 12.9. The molecule has 0 radical (unpaired) electrons. The van der Waals surface area contributed by atoms with Crippen molar-refractivity contribution < 1.29 is 4.74 Å². The molecule has 2 aliphatic rings. The van der Waals surface area contributed by atoms with Gasteiger partial charge < -0.3 is 10.1 Å². The highest BCUT2D eigenvalue weighted by molar-refractivity contribution is 4.82. The maximum Gasteiger partial charge on any atom is 0.0597 e. The topological polar surface area (TPSA) is 24.5 Å². The second-order valence-corrected chi connectivity index (χ2v) is 6.38. The molecule has 0 spiro atoms. The Bertz CT molecular complexity index is 241. The van der Waals surface area contributed by atoms with Crippen LogP contribution in [0.2, 0.25) is 0 Å². The number of nitrogens with one attached hydrogen (secondary N) is 1. The van der Waals surface area contributed by atoms with Crippen LogP contribution in [0, 0.1) is 5.92 Å². The highest BCUT2D eigenvalue weighted by Crippen LogP contribution is 2.20. The summed E-state index contributed by atoms with van der Waals surface area (Å²) in [7, 11) is 0. The molecule has 0 aromatic carbocycles. The van der Waals surface area contributed by atoms with Gasteiger partial charge in [-0.15, -0.1) is 0 Å². The van der Waals surface area contributed by atoms with Crippen molar-refractivity contribution in [3.63, 3.8) is 0 Å². The Morgan fingerprint density at radius 1 is 1.26 bits per heavy atom. The lowest BCUT2D eigenvalue weighted by Gasteiger charge is -2.36. The molecule has 1 saturated heterocycles. The molecule has 1 heterocycles. The number of rotatable bonds is 6. The van der Waals surface area contributed by atoms with Crippen LogP contribution in [-0.2, 0) is 4.74 Å². The van der Waals surface area contributed by atoms with Crippen LogP contribution in [0.15, 0.2) is 0 Å². The van der Waals surface area contributed by atoms with Gasteiger partial charge in [0, 0.05) is 32.2 Å². The van der Waals surface area contributed by atoms with E-state index in [0.29, 0.717) is 12.1 Å². The lowest BCUT2D eigenvalue weighted by atomic mass is 9.97. The molecule has 2 fully saturated rings. The largest absolute Gasteiger partial charge is 0.377 e. The maximum atomic E-state index is 6.05. The van der Waals surface area contributed by atoms with Crippen molar-refractivity contribution in [2.45, 2.75) is 64.5 Å². The van der Waals surface area contributed by atoms with Gasteiger partial charge in [-0.2, -0.15) is 0 Å². The zero-order valence-electron chi connectivity index (χ0n) is 12.9. The van der Waals surface area contributed by atoms with Crippen molar-refractivity contribution in [3.05, 3.63) is 0 Å². The molecule has 1 saturated carbocycles. The van der Waals surface area contributed by atoms with Crippen LogP contribution in [0.4, 0.5) is 0 Å². The van der Waals surface area contributed by atoms with Gasteiger partial charge in [-0.3, -0.25) is 4.90 Å². The normalized spacial score (nSPS) is 28.4. The summed E-state index contributed by atoms with van der Waals surface area (Å²) in [5, 5.41) is 3.66. The van der Waals surface area contributed by atoms with Crippen LogP contribution in [0.25, 0.3) is 0 Å². The minimum absolute atomic E-state index is 0.557. The van der Waals surface area contributed by atoms with Crippen LogP contribution in [0.5, 0.6) is 0 Å². The molecule has 2 atom stereocenters. The molecule has 3 nitrogen and oxygen atoms in total. The van der Waals surface area contributed by atoms with E-state index in [0.717, 1.165) is 25.6 Å². The van der Waals surface area contributed by atoms with Gasteiger partial charge in [-0.05, 0) is 18.8 Å². The molecule has 0 bridgehead atoms. The Morgan fingerprint density at radius 3 is 2.79 bits per heavy atom. The van der Waals surface area contributed by atoms with E-state index in [1.165, 1.54) is 51.6 Å². The quantitative estimate of drug-likeness (QED) is 0.801. The standard InChI is InChI=1S/C16H32N2O/c1-3-14(2)16-13-18(10-9-17-16)11-12-19-15-7-5-4-6-8-15/h14-17H,3-13H2,1-2H3. The summed E-state index contributed by atoms with van der Waals surface area (Å²) in [6.07, 6.45) is 8.55. The highest BCUT2D eigenvalue weighted by Gasteiger charge is 2.23. The molecule has 1 N–H and O–H groups in total. The molecule has 1 aliphatic carbocycles. The maximum absolute atomic E-state index is 6.05. The molecule has 19 heavy (non-hydrogen) atoms. The Balaban J connectivity index is 1.62. The first-order chi connectivity index (χ1) is 9.29. The lowest BCUT2D eigenvalue weighted by molar-refractivity contribution is 0.0114. The van der Waals surface area contributed by atoms with Crippen LogP contribution in [0.1, 0.15) is 52.4 Å². The fourth-order valence-corrected chi connectivity index (χ4v) is 3.29. The first-order valence-corrected chi connectivity index (χ1v) is 8.37. The molecule has 0 aromatic rings. The van der Waals surface area contributed by atoms with Crippen molar-refractivity contribution in [1.29, 1.82) is 0 Å². The van der Waals surface area contributed by atoms with E-state index in [4.69, 9.17) is 4.74 Å². The minimum atomic E-state index is 0.557. The second kappa shape index (κ2) is 8.23. The zero-order chi connectivity index (χ0) is 13.5. The summed E-state index contributed by atoms with van der Waals surface area (Å²) in [6.45, 7) is 10.2. The molecule has 2 unspecified atom stereocenters. The van der Waals surface area contributed by atoms with Gasteiger partial charge in [0.15, 0.2) is 0 Å². The number of hydrogen-bond donors (Lipinski definition) is 1. The molecular weight excluding hydrogens is 236 g/mol. The van der Waals surface area contributed by atoms with Crippen molar-refractivity contribution >= 4 is 0 Å². The van der Waals surface area contributed by atoms with Crippen LogP contribution in [0.3, 0.4) is 0 Å². The van der Waals surface area contributed by atoms with Crippen molar-refractivity contribution in [3.8, 4) is 0 Å². The average Bonchev–Trinajstić information content (AvgIpc) is 2.48. The van der Waals surface area contributed by atoms with E-state index in [2.05, 4.69) is 24.1 Å². The van der Waals surface area contributed by atoms with Crippen molar-refractivity contribution in [2.24, 2.45) is 5.92 Å². The Labute approximate surface area is 119 Å². The van der Waals surface area contributed by atoms with Crippen LogP contribution >= 0.6 is 0 Å². The van der Waals surface area contributed by atoms with Crippen molar-refractivity contribution in [2.75, 3.05) is 32.8 Å². The first-order valence-electron chi connectivity index (χ1n) is 8.37. The van der Waals surface area contributed by atoms with Gasteiger partial charge in [0.2, 0.25) is 0 Å². The summed E-state index contributed by atoms with van der Waals surface area (Å²) in [4.78, 5) is 2.58. The SMILES string of the molecule is CCC(C)C1CN(CCOC2CCCCC2)CCN1. The Morgan fingerprint density at radius 2 is 2.05 bits per heavy atom. The lowest BCUT2D eigenvalue weighted by Crippen LogP contribution is -2.53. The first kappa shape index (κ1) is 15.3. The van der Waals surface area contributed by atoms with E-state index in [1.54, 1.807) is 0 Å². The van der Waals surface area contributed by atoms with Gasteiger partial charge in [-0.25, -0.2) is 0 Å². The Kier molecular flexibility index (Phi) is 6.62. The number of hydrogen-bond acceptors (Lipinski definition) is 3. The van der Waals surface area contributed by atoms with E-state index < -0.39 is 0 Å².